The summed E-state index contributed by atoms with van der Waals surface area (Å²) in [6.45, 7) is 0. The Morgan fingerprint density at radius 2 is 2.06 bits per heavy atom. The van der Waals surface area contributed by atoms with E-state index < -0.39 is 10.6 Å². The molecule has 16 heavy (non-hydrogen) atoms. The van der Waals surface area contributed by atoms with Crippen molar-refractivity contribution >= 4 is 17.7 Å². The molecule has 0 saturated heterocycles. The van der Waals surface area contributed by atoms with Crippen LogP contribution in [0.25, 0.3) is 0 Å². The number of aldehydes is 1. The molecule has 0 aromatic heterocycles. The second kappa shape index (κ2) is 4.47. The molecule has 7 nitrogen and oxygen atoms in total. The lowest BCUT2D eigenvalue weighted by Gasteiger charge is -2.11. The molecule has 1 aromatic rings. The number of anilines is 1. The van der Waals surface area contributed by atoms with Crippen LogP contribution >= 0.6 is 0 Å². The summed E-state index contributed by atoms with van der Waals surface area (Å²) < 4.78 is 9.80. The largest absolute Gasteiger partial charge is 0.493 e. The summed E-state index contributed by atoms with van der Waals surface area (Å²) in [5.74, 6) is 0.172. The van der Waals surface area contributed by atoms with E-state index in [1.807, 2.05) is 0 Å². The molecule has 0 aliphatic rings. The lowest BCUT2D eigenvalue weighted by molar-refractivity contribution is -0.384. The second-order valence-corrected chi connectivity index (χ2v) is 2.84. The maximum atomic E-state index is 10.8. The van der Waals surface area contributed by atoms with Crippen LogP contribution < -0.4 is 15.2 Å². The first-order valence-electron chi connectivity index (χ1n) is 4.20. The smallest absolute Gasteiger partial charge is 0.306 e. The fourth-order valence-electron chi connectivity index (χ4n) is 1.35. The maximum Gasteiger partial charge on any atom is 0.306 e. The normalized spacial score (nSPS) is 9.62. The highest BCUT2D eigenvalue weighted by molar-refractivity contribution is 5.92. The van der Waals surface area contributed by atoms with E-state index in [0.717, 1.165) is 0 Å². The number of benzene rings is 1. The van der Waals surface area contributed by atoms with E-state index in [1.54, 1.807) is 0 Å². The predicted octanol–water partition coefficient (Wildman–Crippen LogP) is 1.01. The molecule has 0 aliphatic carbocycles. The molecular formula is C9H10N2O5. The molecule has 7 heteroatoms. The molecule has 0 radical (unpaired) electrons. The van der Waals surface area contributed by atoms with Crippen LogP contribution in [0.15, 0.2) is 6.07 Å². The molecule has 0 atom stereocenters. The van der Waals surface area contributed by atoms with Gasteiger partial charge in [0.1, 0.15) is 11.3 Å². The summed E-state index contributed by atoms with van der Waals surface area (Å²) in [5.41, 5.74) is 4.60. The Morgan fingerprint density at radius 1 is 1.44 bits per heavy atom. The highest BCUT2D eigenvalue weighted by atomic mass is 16.6. The number of methoxy groups -OCH3 is 2. The summed E-state index contributed by atoms with van der Waals surface area (Å²) in [6.07, 6.45) is 0.315. The van der Waals surface area contributed by atoms with E-state index >= 15 is 0 Å². The van der Waals surface area contributed by atoms with Crippen molar-refractivity contribution in [3.63, 3.8) is 0 Å². The van der Waals surface area contributed by atoms with Crippen LogP contribution in [0.4, 0.5) is 11.4 Å². The first-order chi connectivity index (χ1) is 7.56. The van der Waals surface area contributed by atoms with Gasteiger partial charge in [0.25, 0.3) is 0 Å². The number of hydrogen-bond donors (Lipinski definition) is 1. The van der Waals surface area contributed by atoms with Crippen molar-refractivity contribution < 1.29 is 19.2 Å². The zero-order chi connectivity index (χ0) is 12.3. The molecule has 0 spiro atoms. The van der Waals surface area contributed by atoms with E-state index in [-0.39, 0.29) is 22.7 Å². The van der Waals surface area contributed by atoms with Crippen molar-refractivity contribution in [2.24, 2.45) is 0 Å². The van der Waals surface area contributed by atoms with Crippen LogP contribution in [0.2, 0.25) is 0 Å². The number of ether oxygens (including phenoxy) is 2. The molecule has 2 N–H and O–H groups in total. The van der Waals surface area contributed by atoms with Gasteiger partial charge in [-0.25, -0.2) is 0 Å². The summed E-state index contributed by atoms with van der Waals surface area (Å²) >= 11 is 0. The minimum Gasteiger partial charge on any atom is -0.493 e. The van der Waals surface area contributed by atoms with Crippen molar-refractivity contribution in [3.8, 4) is 11.5 Å². The third-order valence-corrected chi connectivity index (χ3v) is 2.01. The Morgan fingerprint density at radius 3 is 2.44 bits per heavy atom. The van der Waals surface area contributed by atoms with Gasteiger partial charge in [-0.05, 0) is 0 Å². The van der Waals surface area contributed by atoms with E-state index in [4.69, 9.17) is 15.2 Å². The number of carbonyl (C=O) groups excluding carboxylic acids is 1. The highest BCUT2D eigenvalue weighted by Crippen LogP contribution is 2.40. The van der Waals surface area contributed by atoms with Gasteiger partial charge in [-0.2, -0.15) is 0 Å². The zero-order valence-electron chi connectivity index (χ0n) is 8.72. The minimum atomic E-state index is -0.735. The number of carbonyl (C=O) groups is 1. The number of nitrogen functional groups attached to an aromatic ring is 1. The van der Waals surface area contributed by atoms with Crippen molar-refractivity contribution in [1.82, 2.24) is 0 Å². The number of nitro groups is 1. The molecule has 0 saturated carbocycles. The van der Waals surface area contributed by atoms with E-state index in [0.29, 0.717) is 6.29 Å². The molecule has 0 fully saturated rings. The first kappa shape index (κ1) is 11.8. The number of nitro benzene ring substituents is 1. The Kier molecular flexibility index (Phi) is 3.29. The van der Waals surface area contributed by atoms with Crippen molar-refractivity contribution in [2.45, 2.75) is 0 Å². The van der Waals surface area contributed by atoms with Crippen LogP contribution in [0.3, 0.4) is 0 Å². The Bertz CT molecular complexity index is 444. The minimum absolute atomic E-state index is 0.00148. The topological polar surface area (TPSA) is 105 Å². The van der Waals surface area contributed by atoms with E-state index in [2.05, 4.69) is 0 Å². The molecule has 1 rings (SSSR count). The van der Waals surface area contributed by atoms with Crippen LogP contribution in [0.1, 0.15) is 10.4 Å². The fourth-order valence-corrected chi connectivity index (χ4v) is 1.35. The number of nitrogens with two attached hydrogens (primary N) is 1. The molecule has 0 amide bonds. The van der Waals surface area contributed by atoms with Gasteiger partial charge in [-0.15, -0.1) is 0 Å². The van der Waals surface area contributed by atoms with Crippen molar-refractivity contribution in [2.75, 3.05) is 20.0 Å². The van der Waals surface area contributed by atoms with Gasteiger partial charge in [0.15, 0.2) is 17.8 Å². The molecule has 0 bridgehead atoms. The maximum absolute atomic E-state index is 10.8. The summed E-state index contributed by atoms with van der Waals surface area (Å²) in [6, 6.07) is 1.24. The van der Waals surface area contributed by atoms with Gasteiger partial charge in [0.05, 0.1) is 19.1 Å². The van der Waals surface area contributed by atoms with E-state index in [1.165, 1.54) is 20.3 Å². The molecule has 0 unspecified atom stereocenters. The van der Waals surface area contributed by atoms with Gasteiger partial charge in [0.2, 0.25) is 0 Å². The molecule has 86 valence electrons. The summed E-state index contributed by atoms with van der Waals surface area (Å²) in [7, 11) is 2.63. The summed E-state index contributed by atoms with van der Waals surface area (Å²) in [4.78, 5) is 20.8. The van der Waals surface area contributed by atoms with Crippen molar-refractivity contribution in [1.29, 1.82) is 0 Å². The van der Waals surface area contributed by atoms with Crippen LogP contribution in [-0.4, -0.2) is 25.4 Å². The SMILES string of the molecule is COc1cc(N)c([N+](=O)[O-])c(C=O)c1OC. The highest BCUT2D eigenvalue weighted by Gasteiger charge is 2.26. The third kappa shape index (κ3) is 1.74. The molecular weight excluding hydrogens is 216 g/mol. The van der Waals surface area contributed by atoms with Crippen molar-refractivity contribution in [3.05, 3.63) is 21.7 Å². The predicted molar refractivity (Wildman–Crippen MR) is 56.0 cm³/mol. The summed E-state index contributed by atoms with van der Waals surface area (Å²) in [5, 5.41) is 10.7. The van der Waals surface area contributed by atoms with Crippen LogP contribution in [-0.2, 0) is 0 Å². The second-order valence-electron chi connectivity index (χ2n) is 2.84. The first-order valence-corrected chi connectivity index (χ1v) is 4.20. The van der Waals surface area contributed by atoms with Gasteiger partial charge in [0, 0.05) is 6.07 Å². The van der Waals surface area contributed by atoms with Crippen LogP contribution in [0.5, 0.6) is 11.5 Å². The number of hydrogen-bond acceptors (Lipinski definition) is 6. The van der Waals surface area contributed by atoms with Crippen LogP contribution in [0, 0.1) is 10.1 Å². The lowest BCUT2D eigenvalue weighted by Crippen LogP contribution is -2.04. The molecule has 0 aliphatic heterocycles. The Hall–Kier alpha value is -2.31. The molecule has 1 aromatic carbocycles. The Labute approximate surface area is 90.9 Å². The standard InChI is InChI=1S/C9H10N2O5/c1-15-7-3-6(10)8(11(13)14)5(4-12)9(7)16-2/h3-4H,10H2,1-2H3. The van der Waals surface area contributed by atoms with Gasteiger partial charge < -0.3 is 15.2 Å². The average molecular weight is 226 g/mol. The van der Waals surface area contributed by atoms with E-state index in [9.17, 15) is 14.9 Å². The van der Waals surface area contributed by atoms with Gasteiger partial charge >= 0.3 is 5.69 Å². The average Bonchev–Trinajstić information content (AvgIpc) is 2.26. The lowest BCUT2D eigenvalue weighted by atomic mass is 10.1. The van der Waals surface area contributed by atoms with Gasteiger partial charge in [-0.1, -0.05) is 0 Å². The molecule has 0 heterocycles. The number of nitrogens with zero attached hydrogens (tertiary/aromatic N) is 1. The number of rotatable bonds is 4. The fraction of sp³-hybridized carbons (Fsp3) is 0.222. The van der Waals surface area contributed by atoms with Gasteiger partial charge in [-0.3, -0.25) is 14.9 Å². The monoisotopic (exact) mass is 226 g/mol. The zero-order valence-corrected chi connectivity index (χ0v) is 8.72. The third-order valence-electron chi connectivity index (χ3n) is 2.01. The Balaban J connectivity index is 3.64. The quantitative estimate of drug-likeness (QED) is 0.355.